The Labute approximate surface area is 130 Å². The lowest BCUT2D eigenvalue weighted by molar-refractivity contribution is 0.0697. The van der Waals surface area contributed by atoms with Crippen LogP contribution in [0, 0.1) is 6.92 Å². The van der Waals surface area contributed by atoms with Crippen LogP contribution >= 0.6 is 22.9 Å². The molecule has 0 saturated carbocycles. The maximum Gasteiger partial charge on any atom is 0.339 e. The summed E-state index contributed by atoms with van der Waals surface area (Å²) in [7, 11) is 0. The van der Waals surface area contributed by atoms with E-state index >= 15 is 0 Å². The Hall–Kier alpha value is -2.11. The molecule has 21 heavy (non-hydrogen) atoms. The van der Waals surface area contributed by atoms with Crippen LogP contribution in [0.4, 0.5) is 0 Å². The number of benzene rings is 1. The van der Waals surface area contributed by atoms with E-state index in [1.807, 2.05) is 24.4 Å². The molecule has 0 bridgehead atoms. The molecule has 1 N–H and O–H groups in total. The van der Waals surface area contributed by atoms with Gasteiger partial charge in [-0.1, -0.05) is 17.7 Å². The van der Waals surface area contributed by atoms with Gasteiger partial charge in [0.05, 0.1) is 10.6 Å². The van der Waals surface area contributed by atoms with Crippen LogP contribution in [0.1, 0.15) is 15.9 Å². The summed E-state index contributed by atoms with van der Waals surface area (Å²) in [6.07, 6.45) is 1.52. The summed E-state index contributed by atoms with van der Waals surface area (Å²) in [5.41, 5.74) is 2.40. The van der Waals surface area contributed by atoms with Crippen LogP contribution in [0.5, 0.6) is 0 Å². The Morgan fingerprint density at radius 1 is 1.38 bits per heavy atom. The molecule has 1 aromatic carbocycles. The van der Waals surface area contributed by atoms with Crippen LogP contribution in [-0.4, -0.2) is 20.9 Å². The van der Waals surface area contributed by atoms with Gasteiger partial charge in [-0.05, 0) is 42.1 Å². The quantitative estimate of drug-likeness (QED) is 0.785. The van der Waals surface area contributed by atoms with Crippen LogP contribution in [0.3, 0.4) is 0 Å². The van der Waals surface area contributed by atoms with Crippen molar-refractivity contribution in [3.63, 3.8) is 0 Å². The zero-order valence-electron chi connectivity index (χ0n) is 11.1. The number of hydrogen-bond donors (Lipinski definition) is 1. The molecular formula is C15H11ClN2O2S. The summed E-state index contributed by atoms with van der Waals surface area (Å²) < 4.78 is 1.55. The van der Waals surface area contributed by atoms with Gasteiger partial charge in [0.2, 0.25) is 0 Å². The number of carbonyl (C=O) groups is 1. The number of carboxylic acid groups (broad SMARTS) is 1. The lowest BCUT2D eigenvalue weighted by atomic mass is 10.2. The smallest absolute Gasteiger partial charge is 0.339 e. The number of aryl methyl sites for hydroxylation is 1. The van der Waals surface area contributed by atoms with Gasteiger partial charge in [-0.25, -0.2) is 9.48 Å². The van der Waals surface area contributed by atoms with E-state index in [0.29, 0.717) is 10.7 Å². The molecule has 0 spiro atoms. The van der Waals surface area contributed by atoms with Crippen molar-refractivity contribution in [2.75, 3.05) is 0 Å². The highest BCUT2D eigenvalue weighted by Crippen LogP contribution is 2.31. The Kier molecular flexibility index (Phi) is 3.53. The minimum Gasteiger partial charge on any atom is -0.478 e. The maximum absolute atomic E-state index is 11.5. The summed E-state index contributed by atoms with van der Waals surface area (Å²) >= 11 is 7.45. The summed E-state index contributed by atoms with van der Waals surface area (Å²) in [6.45, 7) is 1.94. The van der Waals surface area contributed by atoms with Crippen molar-refractivity contribution in [3.05, 3.63) is 58.1 Å². The van der Waals surface area contributed by atoms with E-state index in [2.05, 4.69) is 5.10 Å². The maximum atomic E-state index is 11.5. The van der Waals surface area contributed by atoms with Crippen molar-refractivity contribution >= 4 is 28.9 Å². The molecule has 0 aliphatic heterocycles. The molecule has 0 radical (unpaired) electrons. The van der Waals surface area contributed by atoms with Crippen LogP contribution < -0.4 is 0 Å². The molecule has 0 atom stereocenters. The van der Waals surface area contributed by atoms with Crippen LogP contribution in [0.2, 0.25) is 5.02 Å². The molecule has 106 valence electrons. The van der Waals surface area contributed by atoms with Gasteiger partial charge in [-0.3, -0.25) is 0 Å². The Bertz CT molecular complexity index is 823. The van der Waals surface area contributed by atoms with E-state index in [-0.39, 0.29) is 5.56 Å². The lowest BCUT2D eigenvalue weighted by Gasteiger charge is -2.01. The van der Waals surface area contributed by atoms with Gasteiger partial charge in [0.1, 0.15) is 11.3 Å². The highest BCUT2D eigenvalue weighted by Gasteiger charge is 2.20. The predicted molar refractivity (Wildman–Crippen MR) is 83.6 cm³/mol. The minimum absolute atomic E-state index is 0.181. The Balaban J connectivity index is 2.18. The molecule has 0 unspecified atom stereocenters. The van der Waals surface area contributed by atoms with Crippen molar-refractivity contribution in [1.29, 1.82) is 0 Å². The number of nitrogens with zero attached hydrogens (tertiary/aromatic N) is 2. The van der Waals surface area contributed by atoms with E-state index in [4.69, 9.17) is 11.6 Å². The molecule has 4 nitrogen and oxygen atoms in total. The molecule has 3 rings (SSSR count). The van der Waals surface area contributed by atoms with E-state index in [0.717, 1.165) is 16.1 Å². The Morgan fingerprint density at radius 2 is 2.19 bits per heavy atom. The molecule has 0 amide bonds. The molecule has 0 fully saturated rings. The fourth-order valence-corrected chi connectivity index (χ4v) is 3.17. The topological polar surface area (TPSA) is 55.1 Å². The minimum atomic E-state index is -0.994. The van der Waals surface area contributed by atoms with E-state index in [1.54, 1.807) is 22.9 Å². The highest BCUT2D eigenvalue weighted by atomic mass is 35.5. The first kappa shape index (κ1) is 13.9. The monoisotopic (exact) mass is 318 g/mol. The van der Waals surface area contributed by atoms with E-state index in [1.165, 1.54) is 17.5 Å². The van der Waals surface area contributed by atoms with Gasteiger partial charge < -0.3 is 5.11 Å². The van der Waals surface area contributed by atoms with Crippen molar-refractivity contribution in [2.24, 2.45) is 0 Å². The standard InChI is InChI=1S/C15H11ClN2O2S/c1-9-5-6-21-14(9)13-12(15(19)20)8-18(17-13)11-4-2-3-10(16)7-11/h2-8H,1H3,(H,19,20). The number of hydrogen-bond acceptors (Lipinski definition) is 3. The average Bonchev–Trinajstić information content (AvgIpc) is 3.04. The number of halogens is 1. The molecule has 0 aliphatic carbocycles. The Morgan fingerprint density at radius 3 is 2.81 bits per heavy atom. The van der Waals surface area contributed by atoms with Gasteiger partial charge in [0, 0.05) is 11.2 Å². The molecule has 2 aromatic heterocycles. The first-order valence-electron chi connectivity index (χ1n) is 6.19. The van der Waals surface area contributed by atoms with Gasteiger partial charge >= 0.3 is 5.97 Å². The molecule has 3 aromatic rings. The largest absolute Gasteiger partial charge is 0.478 e. The second-order valence-corrected chi connectivity index (χ2v) is 5.91. The zero-order chi connectivity index (χ0) is 15.0. The van der Waals surface area contributed by atoms with Crippen molar-refractivity contribution < 1.29 is 9.90 Å². The van der Waals surface area contributed by atoms with Crippen LogP contribution in [0.15, 0.2) is 41.9 Å². The first-order valence-corrected chi connectivity index (χ1v) is 7.45. The predicted octanol–water partition coefficient (Wildman–Crippen LogP) is 4.26. The third kappa shape index (κ3) is 2.57. The highest BCUT2D eigenvalue weighted by molar-refractivity contribution is 7.13. The van der Waals surface area contributed by atoms with Crippen molar-refractivity contribution in [3.8, 4) is 16.3 Å². The third-order valence-electron chi connectivity index (χ3n) is 3.09. The van der Waals surface area contributed by atoms with E-state index < -0.39 is 5.97 Å². The van der Waals surface area contributed by atoms with Crippen LogP contribution in [0.25, 0.3) is 16.3 Å². The fraction of sp³-hybridized carbons (Fsp3) is 0.0667. The number of thiophene rings is 1. The summed E-state index contributed by atoms with van der Waals surface area (Å²) in [5, 5.41) is 16.3. The summed E-state index contributed by atoms with van der Waals surface area (Å²) in [5.74, 6) is -0.994. The van der Waals surface area contributed by atoms with E-state index in [9.17, 15) is 9.90 Å². The SMILES string of the molecule is Cc1ccsc1-c1nn(-c2cccc(Cl)c2)cc1C(=O)O. The second kappa shape index (κ2) is 5.35. The van der Waals surface area contributed by atoms with Crippen molar-refractivity contribution in [1.82, 2.24) is 9.78 Å². The molecule has 2 heterocycles. The fourth-order valence-electron chi connectivity index (χ4n) is 2.06. The van der Waals surface area contributed by atoms with Gasteiger partial charge in [-0.15, -0.1) is 11.3 Å². The molecule has 6 heteroatoms. The third-order valence-corrected chi connectivity index (χ3v) is 4.35. The normalized spacial score (nSPS) is 10.8. The molecule has 0 aliphatic rings. The van der Waals surface area contributed by atoms with Crippen molar-refractivity contribution in [2.45, 2.75) is 6.92 Å². The number of aromatic carboxylic acids is 1. The van der Waals surface area contributed by atoms with Gasteiger partial charge in [0.15, 0.2) is 0 Å². The lowest BCUT2D eigenvalue weighted by Crippen LogP contribution is -1.96. The van der Waals surface area contributed by atoms with Gasteiger partial charge in [-0.2, -0.15) is 5.10 Å². The summed E-state index contributed by atoms with van der Waals surface area (Å²) in [4.78, 5) is 12.3. The number of aromatic nitrogens is 2. The second-order valence-electron chi connectivity index (χ2n) is 4.55. The number of carboxylic acids is 1. The first-order chi connectivity index (χ1) is 10.1. The molecule has 0 saturated heterocycles. The van der Waals surface area contributed by atoms with Crippen LogP contribution in [-0.2, 0) is 0 Å². The summed E-state index contributed by atoms with van der Waals surface area (Å²) in [6, 6.07) is 9.08. The average molecular weight is 319 g/mol. The number of rotatable bonds is 3. The zero-order valence-corrected chi connectivity index (χ0v) is 12.6. The molecular weight excluding hydrogens is 308 g/mol. The van der Waals surface area contributed by atoms with Gasteiger partial charge in [0.25, 0.3) is 0 Å².